The Hall–Kier alpha value is -2.20. The number of carbonyl (C=O) groups is 1. The molecule has 4 nitrogen and oxygen atoms in total. The number of ether oxygens (including phenoxy) is 2. The van der Waals surface area contributed by atoms with Gasteiger partial charge in [-0.3, -0.25) is 4.79 Å². The molecular formula is C19H18ClNO3. The Kier molecular flexibility index (Phi) is 4.07. The number of nitrogens with one attached hydrogen (secondary N) is 1. The quantitative estimate of drug-likeness (QED) is 0.907. The smallest absolute Gasteiger partial charge is 0.227 e. The summed E-state index contributed by atoms with van der Waals surface area (Å²) in [6.07, 6.45) is 1.42. The molecule has 0 unspecified atom stereocenters. The molecule has 2 heterocycles. The van der Waals surface area contributed by atoms with E-state index in [1.165, 1.54) is 0 Å². The van der Waals surface area contributed by atoms with E-state index in [1.807, 2.05) is 36.4 Å². The highest BCUT2D eigenvalue weighted by Crippen LogP contribution is 2.33. The molecule has 2 aromatic rings. The predicted octanol–water partition coefficient (Wildman–Crippen LogP) is 3.53. The Morgan fingerprint density at radius 2 is 2.00 bits per heavy atom. The third kappa shape index (κ3) is 2.94. The Morgan fingerprint density at radius 3 is 2.92 bits per heavy atom. The van der Waals surface area contributed by atoms with Gasteiger partial charge in [0, 0.05) is 17.0 Å². The van der Waals surface area contributed by atoms with Crippen molar-refractivity contribution in [2.45, 2.75) is 18.9 Å². The van der Waals surface area contributed by atoms with Gasteiger partial charge in [0.2, 0.25) is 5.91 Å². The van der Waals surface area contributed by atoms with Crippen LogP contribution in [0.3, 0.4) is 0 Å². The third-order valence-corrected chi connectivity index (χ3v) is 4.81. The van der Waals surface area contributed by atoms with Crippen molar-refractivity contribution in [3.05, 3.63) is 58.6 Å². The van der Waals surface area contributed by atoms with E-state index in [9.17, 15) is 4.79 Å². The van der Waals surface area contributed by atoms with Crippen molar-refractivity contribution >= 4 is 17.5 Å². The van der Waals surface area contributed by atoms with Crippen molar-refractivity contribution in [1.29, 1.82) is 0 Å². The number of hydrogen-bond donors (Lipinski definition) is 1. The van der Waals surface area contributed by atoms with Gasteiger partial charge in [-0.15, -0.1) is 0 Å². The zero-order chi connectivity index (χ0) is 16.5. The summed E-state index contributed by atoms with van der Waals surface area (Å²) < 4.78 is 11.4. The van der Waals surface area contributed by atoms with Crippen LogP contribution < -0.4 is 14.8 Å². The van der Waals surface area contributed by atoms with Crippen LogP contribution in [0.4, 0.5) is 0 Å². The lowest BCUT2D eigenvalue weighted by atomic mass is 9.94. The van der Waals surface area contributed by atoms with Gasteiger partial charge in [-0.1, -0.05) is 29.8 Å². The number of para-hydroxylation sites is 1. The van der Waals surface area contributed by atoms with Gasteiger partial charge in [-0.05, 0) is 36.2 Å². The summed E-state index contributed by atoms with van der Waals surface area (Å²) in [5, 5.41) is 3.82. The fraction of sp³-hybridized carbons (Fsp3) is 0.316. The Morgan fingerprint density at radius 1 is 1.12 bits per heavy atom. The molecule has 0 spiro atoms. The first kappa shape index (κ1) is 15.3. The first-order valence-electron chi connectivity index (χ1n) is 8.14. The first-order valence-corrected chi connectivity index (χ1v) is 8.52. The molecule has 124 valence electrons. The molecule has 2 aliphatic heterocycles. The van der Waals surface area contributed by atoms with Gasteiger partial charge < -0.3 is 14.8 Å². The number of halogens is 1. The SMILES string of the molecule is O=C(N[C@H]1CCOc2ccccc21)[C@@H]1COc2ccc(Cl)cc2C1. The summed E-state index contributed by atoms with van der Waals surface area (Å²) in [6, 6.07) is 13.4. The highest BCUT2D eigenvalue weighted by Gasteiger charge is 2.29. The number of rotatable bonds is 2. The van der Waals surface area contributed by atoms with E-state index < -0.39 is 0 Å². The van der Waals surface area contributed by atoms with E-state index in [0.29, 0.717) is 24.7 Å². The van der Waals surface area contributed by atoms with Crippen LogP contribution in [-0.2, 0) is 11.2 Å². The van der Waals surface area contributed by atoms with Gasteiger partial charge in [-0.2, -0.15) is 0 Å². The fourth-order valence-electron chi connectivity index (χ4n) is 3.31. The summed E-state index contributed by atoms with van der Waals surface area (Å²) in [5.41, 5.74) is 2.03. The van der Waals surface area contributed by atoms with Crippen molar-refractivity contribution in [3.63, 3.8) is 0 Å². The normalized spacial score (nSPS) is 21.7. The van der Waals surface area contributed by atoms with Gasteiger partial charge in [0.15, 0.2) is 0 Å². The number of amides is 1. The molecular weight excluding hydrogens is 326 g/mol. The Labute approximate surface area is 145 Å². The summed E-state index contributed by atoms with van der Waals surface area (Å²) >= 11 is 6.05. The molecule has 5 heteroatoms. The maximum atomic E-state index is 12.7. The van der Waals surface area contributed by atoms with E-state index in [2.05, 4.69) is 5.32 Å². The minimum Gasteiger partial charge on any atom is -0.493 e. The second kappa shape index (κ2) is 6.36. The molecule has 0 saturated heterocycles. The first-order chi connectivity index (χ1) is 11.7. The van der Waals surface area contributed by atoms with Crippen LogP contribution in [0.1, 0.15) is 23.6 Å². The monoisotopic (exact) mass is 343 g/mol. The van der Waals surface area contributed by atoms with E-state index in [0.717, 1.165) is 29.0 Å². The van der Waals surface area contributed by atoms with E-state index in [1.54, 1.807) is 6.07 Å². The van der Waals surface area contributed by atoms with Gasteiger partial charge in [0.25, 0.3) is 0 Å². The molecule has 4 rings (SSSR count). The average Bonchev–Trinajstić information content (AvgIpc) is 2.61. The molecule has 0 radical (unpaired) electrons. The molecule has 0 bridgehead atoms. The molecule has 0 saturated carbocycles. The lowest BCUT2D eigenvalue weighted by Crippen LogP contribution is -2.40. The second-order valence-corrected chi connectivity index (χ2v) is 6.64. The minimum atomic E-state index is -0.203. The molecule has 24 heavy (non-hydrogen) atoms. The van der Waals surface area contributed by atoms with E-state index >= 15 is 0 Å². The Balaban J connectivity index is 1.48. The van der Waals surface area contributed by atoms with Gasteiger partial charge in [0.1, 0.15) is 18.1 Å². The zero-order valence-corrected chi connectivity index (χ0v) is 13.9. The van der Waals surface area contributed by atoms with Crippen LogP contribution in [0.15, 0.2) is 42.5 Å². The maximum Gasteiger partial charge on any atom is 0.227 e. The molecule has 1 amide bonds. The van der Waals surface area contributed by atoms with Gasteiger partial charge in [0.05, 0.1) is 18.6 Å². The summed E-state index contributed by atoms with van der Waals surface area (Å²) in [4.78, 5) is 12.7. The summed E-state index contributed by atoms with van der Waals surface area (Å²) in [6.45, 7) is 1.01. The predicted molar refractivity (Wildman–Crippen MR) is 91.6 cm³/mol. The van der Waals surface area contributed by atoms with Gasteiger partial charge >= 0.3 is 0 Å². The van der Waals surface area contributed by atoms with Crippen molar-refractivity contribution in [3.8, 4) is 11.5 Å². The molecule has 1 N–H and O–H groups in total. The molecule has 2 aliphatic rings. The van der Waals surface area contributed by atoms with Crippen LogP contribution in [0, 0.1) is 5.92 Å². The second-order valence-electron chi connectivity index (χ2n) is 6.20. The summed E-state index contributed by atoms with van der Waals surface area (Å²) in [5.74, 6) is 1.49. The van der Waals surface area contributed by atoms with Crippen molar-refractivity contribution in [2.75, 3.05) is 13.2 Å². The molecule has 0 aliphatic carbocycles. The van der Waals surface area contributed by atoms with Crippen molar-refractivity contribution in [2.24, 2.45) is 5.92 Å². The van der Waals surface area contributed by atoms with Crippen LogP contribution >= 0.6 is 11.6 Å². The minimum absolute atomic E-state index is 0.0109. The molecule has 0 aromatic heterocycles. The van der Waals surface area contributed by atoms with Crippen molar-refractivity contribution in [1.82, 2.24) is 5.32 Å². The van der Waals surface area contributed by atoms with E-state index in [4.69, 9.17) is 21.1 Å². The highest BCUT2D eigenvalue weighted by atomic mass is 35.5. The maximum absolute atomic E-state index is 12.7. The lowest BCUT2D eigenvalue weighted by molar-refractivity contribution is -0.127. The highest BCUT2D eigenvalue weighted by molar-refractivity contribution is 6.30. The van der Waals surface area contributed by atoms with E-state index in [-0.39, 0.29) is 17.9 Å². The van der Waals surface area contributed by atoms with Gasteiger partial charge in [-0.25, -0.2) is 0 Å². The van der Waals surface area contributed by atoms with Crippen molar-refractivity contribution < 1.29 is 14.3 Å². The standard InChI is InChI=1S/C19H18ClNO3/c20-14-5-6-17-12(10-14)9-13(11-24-17)19(22)21-16-7-8-23-18-4-2-1-3-15(16)18/h1-6,10,13,16H,7-9,11H2,(H,21,22)/t13-,16-/m0/s1. The van der Waals surface area contributed by atoms with Crippen LogP contribution in [0.25, 0.3) is 0 Å². The molecule has 2 aromatic carbocycles. The molecule has 0 fully saturated rings. The topological polar surface area (TPSA) is 47.6 Å². The fourth-order valence-corrected chi connectivity index (χ4v) is 3.51. The molecule has 2 atom stereocenters. The van der Waals surface area contributed by atoms with Crippen LogP contribution in [0.5, 0.6) is 11.5 Å². The summed E-state index contributed by atoms with van der Waals surface area (Å²) in [7, 11) is 0. The number of hydrogen-bond acceptors (Lipinski definition) is 3. The van der Waals surface area contributed by atoms with Crippen LogP contribution in [0.2, 0.25) is 5.02 Å². The zero-order valence-electron chi connectivity index (χ0n) is 13.1. The van der Waals surface area contributed by atoms with Crippen LogP contribution in [-0.4, -0.2) is 19.1 Å². The number of carbonyl (C=O) groups excluding carboxylic acids is 1. The number of fused-ring (bicyclic) bond motifs is 2. The third-order valence-electron chi connectivity index (χ3n) is 4.57. The lowest BCUT2D eigenvalue weighted by Gasteiger charge is -2.30. The average molecular weight is 344 g/mol. The largest absolute Gasteiger partial charge is 0.493 e. The Bertz CT molecular complexity index is 777. The number of benzene rings is 2.